The van der Waals surface area contributed by atoms with Gasteiger partial charge in [-0.25, -0.2) is 4.79 Å². The highest BCUT2D eigenvalue weighted by Gasteiger charge is 2.20. The van der Waals surface area contributed by atoms with Gasteiger partial charge in [-0.3, -0.25) is 4.90 Å². The highest BCUT2D eigenvalue weighted by atomic mass is 16.2. The fourth-order valence-electron chi connectivity index (χ4n) is 2.37. The summed E-state index contributed by atoms with van der Waals surface area (Å²) >= 11 is 0. The fraction of sp³-hybridized carbons (Fsp3) is 0.471. The maximum Gasteiger partial charge on any atom is 0.317 e. The van der Waals surface area contributed by atoms with Crippen LogP contribution in [0.2, 0.25) is 0 Å². The number of hydrogen-bond acceptors (Lipinski definition) is 2. The third-order valence-electron chi connectivity index (χ3n) is 3.55. The van der Waals surface area contributed by atoms with Crippen LogP contribution in [0.4, 0.5) is 4.79 Å². The molecule has 1 N–H and O–H groups in total. The third-order valence-corrected chi connectivity index (χ3v) is 3.55. The lowest BCUT2D eigenvalue weighted by atomic mass is 10.2. The molecule has 0 unspecified atom stereocenters. The minimum Gasteiger partial charge on any atom is -0.336 e. The molecule has 0 atom stereocenters. The Morgan fingerprint density at radius 3 is 2.48 bits per heavy atom. The zero-order valence-corrected chi connectivity index (χ0v) is 13.0. The van der Waals surface area contributed by atoms with Gasteiger partial charge in [0.25, 0.3) is 0 Å². The predicted octanol–water partition coefficient (Wildman–Crippen LogP) is 2.44. The van der Waals surface area contributed by atoms with E-state index in [2.05, 4.69) is 34.5 Å². The van der Waals surface area contributed by atoms with Gasteiger partial charge >= 0.3 is 6.03 Å². The first-order chi connectivity index (χ1) is 10.1. The van der Waals surface area contributed by atoms with Gasteiger partial charge in [-0.05, 0) is 19.4 Å². The number of nitrogens with one attached hydrogen (secondary N) is 1. The van der Waals surface area contributed by atoms with Crippen LogP contribution in [0.3, 0.4) is 0 Å². The number of urea groups is 1. The molecule has 1 aromatic carbocycles. The minimum atomic E-state index is 0.0597. The lowest BCUT2D eigenvalue weighted by molar-refractivity contribution is 0.145. The van der Waals surface area contributed by atoms with E-state index >= 15 is 0 Å². The van der Waals surface area contributed by atoms with Crippen LogP contribution in [0, 0.1) is 0 Å². The Kier molecular flexibility index (Phi) is 5.81. The second-order valence-electron chi connectivity index (χ2n) is 5.70. The molecule has 0 bridgehead atoms. The van der Waals surface area contributed by atoms with Crippen molar-refractivity contribution < 1.29 is 4.79 Å². The molecule has 1 fully saturated rings. The average molecular weight is 287 g/mol. The molecule has 1 aromatic rings. The van der Waals surface area contributed by atoms with E-state index in [0.717, 1.165) is 32.7 Å². The molecule has 0 aliphatic carbocycles. The summed E-state index contributed by atoms with van der Waals surface area (Å²) in [4.78, 5) is 16.2. The lowest BCUT2D eigenvalue weighted by Crippen LogP contribution is -2.52. The van der Waals surface area contributed by atoms with Crippen molar-refractivity contribution in [1.82, 2.24) is 15.1 Å². The summed E-state index contributed by atoms with van der Waals surface area (Å²) in [5, 5.41) is 2.95. The van der Waals surface area contributed by atoms with Gasteiger partial charge in [0.2, 0.25) is 0 Å². The molecule has 21 heavy (non-hydrogen) atoms. The smallest absolute Gasteiger partial charge is 0.317 e. The standard InChI is InChI=1S/C17H25N3O/c1-15(2)18-17(21)20-13-11-19(12-14-20)10-6-9-16-7-4-3-5-8-16/h3-9,15H,10-14H2,1-2H3,(H,18,21). The second-order valence-corrected chi connectivity index (χ2v) is 5.70. The second kappa shape index (κ2) is 7.84. The van der Waals surface area contributed by atoms with Crippen molar-refractivity contribution >= 4 is 12.1 Å². The Morgan fingerprint density at radius 1 is 1.19 bits per heavy atom. The van der Waals surface area contributed by atoms with E-state index < -0.39 is 0 Å². The van der Waals surface area contributed by atoms with Crippen LogP contribution < -0.4 is 5.32 Å². The summed E-state index contributed by atoms with van der Waals surface area (Å²) in [6, 6.07) is 10.6. The van der Waals surface area contributed by atoms with Gasteiger partial charge in [0.15, 0.2) is 0 Å². The van der Waals surface area contributed by atoms with E-state index in [4.69, 9.17) is 0 Å². The lowest BCUT2D eigenvalue weighted by Gasteiger charge is -2.34. The molecule has 4 heteroatoms. The van der Waals surface area contributed by atoms with Crippen molar-refractivity contribution in [2.24, 2.45) is 0 Å². The molecule has 1 aliphatic rings. The van der Waals surface area contributed by atoms with Gasteiger partial charge in [0, 0.05) is 38.8 Å². The summed E-state index contributed by atoms with van der Waals surface area (Å²) in [6.07, 6.45) is 4.34. The van der Waals surface area contributed by atoms with Gasteiger partial charge in [-0.2, -0.15) is 0 Å². The monoisotopic (exact) mass is 287 g/mol. The zero-order valence-electron chi connectivity index (χ0n) is 13.0. The molecule has 4 nitrogen and oxygen atoms in total. The van der Waals surface area contributed by atoms with Crippen LogP contribution in [-0.4, -0.2) is 54.6 Å². The van der Waals surface area contributed by atoms with Gasteiger partial charge in [0.05, 0.1) is 0 Å². The highest BCUT2D eigenvalue weighted by molar-refractivity contribution is 5.74. The molecule has 1 heterocycles. The van der Waals surface area contributed by atoms with E-state index in [0.29, 0.717) is 0 Å². The number of benzene rings is 1. The van der Waals surface area contributed by atoms with Crippen molar-refractivity contribution in [3.8, 4) is 0 Å². The number of rotatable bonds is 4. The fourth-order valence-corrected chi connectivity index (χ4v) is 2.37. The first kappa shape index (κ1) is 15.6. The highest BCUT2D eigenvalue weighted by Crippen LogP contribution is 2.05. The van der Waals surface area contributed by atoms with E-state index in [9.17, 15) is 4.79 Å². The largest absolute Gasteiger partial charge is 0.336 e. The maximum atomic E-state index is 11.9. The van der Waals surface area contributed by atoms with Gasteiger partial charge in [-0.15, -0.1) is 0 Å². The molecule has 1 aliphatic heterocycles. The van der Waals surface area contributed by atoms with Gasteiger partial charge in [-0.1, -0.05) is 42.5 Å². The Hall–Kier alpha value is -1.81. The number of hydrogen-bond donors (Lipinski definition) is 1. The quantitative estimate of drug-likeness (QED) is 0.923. The van der Waals surface area contributed by atoms with Crippen molar-refractivity contribution in [2.75, 3.05) is 32.7 Å². The first-order valence-corrected chi connectivity index (χ1v) is 7.64. The molecule has 0 radical (unpaired) electrons. The van der Waals surface area contributed by atoms with Crippen LogP contribution >= 0.6 is 0 Å². The van der Waals surface area contributed by atoms with Crippen LogP contribution in [0.1, 0.15) is 19.4 Å². The predicted molar refractivity (Wildman–Crippen MR) is 87.2 cm³/mol. The Bertz CT molecular complexity index is 462. The van der Waals surface area contributed by atoms with Gasteiger partial charge < -0.3 is 10.2 Å². The van der Waals surface area contributed by atoms with E-state index in [1.165, 1.54) is 5.56 Å². The molecule has 0 saturated carbocycles. The molecule has 2 amide bonds. The zero-order chi connectivity index (χ0) is 15.1. The Labute approximate surface area is 127 Å². The summed E-state index contributed by atoms with van der Waals surface area (Å²) < 4.78 is 0. The number of piperazine rings is 1. The van der Waals surface area contributed by atoms with Crippen LogP contribution in [0.25, 0.3) is 6.08 Å². The Balaban J connectivity index is 1.72. The normalized spacial score (nSPS) is 16.6. The number of carbonyl (C=O) groups is 1. The molecule has 0 aromatic heterocycles. The Morgan fingerprint density at radius 2 is 1.86 bits per heavy atom. The average Bonchev–Trinajstić information content (AvgIpc) is 2.48. The van der Waals surface area contributed by atoms with Crippen molar-refractivity contribution in [1.29, 1.82) is 0 Å². The van der Waals surface area contributed by atoms with E-state index in [-0.39, 0.29) is 12.1 Å². The minimum absolute atomic E-state index is 0.0597. The first-order valence-electron chi connectivity index (χ1n) is 7.64. The summed E-state index contributed by atoms with van der Waals surface area (Å²) in [6.45, 7) is 8.39. The van der Waals surface area contributed by atoms with Crippen LogP contribution in [-0.2, 0) is 0 Å². The SMILES string of the molecule is CC(C)NC(=O)N1CCN(CC=Cc2ccccc2)CC1. The van der Waals surface area contributed by atoms with Gasteiger partial charge in [0.1, 0.15) is 0 Å². The number of carbonyl (C=O) groups excluding carboxylic acids is 1. The summed E-state index contributed by atoms with van der Waals surface area (Å²) in [5.41, 5.74) is 1.23. The molecular formula is C17H25N3O. The van der Waals surface area contributed by atoms with Crippen molar-refractivity contribution in [2.45, 2.75) is 19.9 Å². The van der Waals surface area contributed by atoms with Crippen LogP contribution in [0.5, 0.6) is 0 Å². The molecular weight excluding hydrogens is 262 g/mol. The molecule has 0 spiro atoms. The van der Waals surface area contributed by atoms with Crippen molar-refractivity contribution in [3.05, 3.63) is 42.0 Å². The van der Waals surface area contributed by atoms with Crippen molar-refractivity contribution in [3.63, 3.8) is 0 Å². The molecule has 1 saturated heterocycles. The third kappa shape index (κ3) is 5.23. The van der Waals surface area contributed by atoms with E-state index in [1.807, 2.05) is 36.9 Å². The summed E-state index contributed by atoms with van der Waals surface area (Å²) in [7, 11) is 0. The van der Waals surface area contributed by atoms with Crippen LogP contribution in [0.15, 0.2) is 36.4 Å². The number of amides is 2. The number of nitrogens with zero attached hydrogens (tertiary/aromatic N) is 2. The summed E-state index contributed by atoms with van der Waals surface area (Å²) in [5.74, 6) is 0. The molecule has 114 valence electrons. The topological polar surface area (TPSA) is 35.6 Å². The molecule has 2 rings (SSSR count). The maximum absolute atomic E-state index is 11.9. The van der Waals surface area contributed by atoms with E-state index in [1.54, 1.807) is 0 Å².